The van der Waals surface area contributed by atoms with Crippen molar-refractivity contribution in [3.63, 3.8) is 0 Å². The van der Waals surface area contributed by atoms with Crippen molar-refractivity contribution in [1.82, 2.24) is 0 Å². The molecule has 0 spiro atoms. The number of hydrogen-bond acceptors (Lipinski definition) is 3. The lowest BCUT2D eigenvalue weighted by molar-refractivity contribution is -0.896. The van der Waals surface area contributed by atoms with Crippen LogP contribution in [0.15, 0.2) is 0 Å². The Morgan fingerprint density at radius 2 is 1.35 bits per heavy atom. The molecular formula is C19H39NO3. The maximum absolute atomic E-state index is 12.3. The van der Waals surface area contributed by atoms with Gasteiger partial charge in [-0.1, -0.05) is 77.6 Å². The highest BCUT2D eigenvalue weighted by Crippen LogP contribution is 2.16. The molecule has 0 amide bonds. The molecule has 0 aromatic heterocycles. The van der Waals surface area contributed by atoms with Crippen LogP contribution in [0.25, 0.3) is 0 Å². The van der Waals surface area contributed by atoms with Crippen LogP contribution in [-0.2, 0) is 4.74 Å². The minimum atomic E-state index is -0.858. The number of nitrogens with zero attached hydrogens (tertiary/aromatic N) is 1. The fourth-order valence-electron chi connectivity index (χ4n) is 3.40. The number of hydroxylamine groups is 3. The zero-order valence-electron chi connectivity index (χ0n) is 15.3. The van der Waals surface area contributed by atoms with Gasteiger partial charge in [0.2, 0.25) is 6.29 Å². The van der Waals surface area contributed by atoms with E-state index in [-0.39, 0.29) is 11.2 Å². The summed E-state index contributed by atoms with van der Waals surface area (Å²) < 4.78 is 4.77. The van der Waals surface area contributed by atoms with Crippen LogP contribution < -0.4 is 0 Å². The van der Waals surface area contributed by atoms with Crippen LogP contribution in [-0.4, -0.2) is 42.3 Å². The number of morpholine rings is 1. The molecule has 0 saturated carbocycles. The number of ether oxygens (including phenoxy) is 1. The largest absolute Gasteiger partial charge is 0.633 e. The Kier molecular flexibility index (Phi) is 12.0. The standard InChI is InChI=1S/C19H39NO3/c1-2-3-4-5-6-7-8-9-10-11-12-13-14-15-20(22)16-17-23-19(21)18-20/h19,21H,2-18H2,1H3. The van der Waals surface area contributed by atoms with E-state index in [4.69, 9.17) is 4.74 Å². The Balaban J connectivity index is 1.81. The van der Waals surface area contributed by atoms with Crippen LogP contribution in [0.3, 0.4) is 0 Å². The monoisotopic (exact) mass is 329 g/mol. The van der Waals surface area contributed by atoms with E-state index in [0.717, 1.165) is 12.8 Å². The van der Waals surface area contributed by atoms with Crippen LogP contribution in [0, 0.1) is 5.21 Å². The summed E-state index contributed by atoms with van der Waals surface area (Å²) >= 11 is 0. The predicted octanol–water partition coefficient (Wildman–Crippen LogP) is 4.74. The van der Waals surface area contributed by atoms with Gasteiger partial charge in [0.25, 0.3) is 0 Å². The van der Waals surface area contributed by atoms with Crippen LogP contribution in [0.1, 0.15) is 90.4 Å². The molecule has 2 atom stereocenters. The van der Waals surface area contributed by atoms with Gasteiger partial charge in [0, 0.05) is 0 Å². The summed E-state index contributed by atoms with van der Waals surface area (Å²) in [5.74, 6) is 0. The molecule has 0 aromatic rings. The first-order valence-electron chi connectivity index (χ1n) is 10.0. The minimum absolute atomic E-state index is 0.207. The van der Waals surface area contributed by atoms with E-state index in [2.05, 4.69) is 6.92 Å². The molecule has 1 aliphatic rings. The lowest BCUT2D eigenvalue weighted by Crippen LogP contribution is -2.54. The van der Waals surface area contributed by atoms with E-state index in [0.29, 0.717) is 19.7 Å². The van der Waals surface area contributed by atoms with Crippen molar-refractivity contribution >= 4 is 0 Å². The highest BCUT2D eigenvalue weighted by molar-refractivity contribution is 4.55. The number of quaternary nitrogens is 1. The maximum atomic E-state index is 12.3. The third-order valence-electron chi connectivity index (χ3n) is 4.97. The van der Waals surface area contributed by atoms with Gasteiger partial charge in [-0.15, -0.1) is 0 Å². The summed E-state index contributed by atoms with van der Waals surface area (Å²) in [6.07, 6.45) is 16.3. The van der Waals surface area contributed by atoms with Gasteiger partial charge < -0.3 is 19.7 Å². The SMILES string of the molecule is CCCCCCCCCCCCCCC[N+]1([O-])CCOC(O)C1. The van der Waals surface area contributed by atoms with Crippen molar-refractivity contribution in [2.45, 2.75) is 96.7 Å². The van der Waals surface area contributed by atoms with Gasteiger partial charge in [-0.2, -0.15) is 0 Å². The lowest BCUT2D eigenvalue weighted by atomic mass is 10.0. The molecule has 4 heteroatoms. The molecule has 0 aromatic carbocycles. The quantitative estimate of drug-likeness (QED) is 0.284. The maximum Gasteiger partial charge on any atom is 0.205 e. The average Bonchev–Trinajstić information content (AvgIpc) is 2.51. The molecule has 1 fully saturated rings. The molecule has 0 aliphatic carbocycles. The van der Waals surface area contributed by atoms with Gasteiger partial charge in [-0.25, -0.2) is 0 Å². The van der Waals surface area contributed by atoms with Crippen LogP contribution in [0.5, 0.6) is 0 Å². The van der Waals surface area contributed by atoms with Crippen LogP contribution >= 0.6 is 0 Å². The topological polar surface area (TPSA) is 52.5 Å². The average molecular weight is 330 g/mol. The van der Waals surface area contributed by atoms with Gasteiger partial charge in [0.05, 0.1) is 13.2 Å². The fourth-order valence-corrected chi connectivity index (χ4v) is 3.40. The summed E-state index contributed by atoms with van der Waals surface area (Å²) in [4.78, 5) is 0. The Hall–Kier alpha value is -0.160. The summed E-state index contributed by atoms with van der Waals surface area (Å²) in [6, 6.07) is 0. The van der Waals surface area contributed by atoms with Crippen molar-refractivity contribution in [3.05, 3.63) is 5.21 Å². The Morgan fingerprint density at radius 1 is 0.870 bits per heavy atom. The van der Waals surface area contributed by atoms with Gasteiger partial charge in [-0.05, 0) is 12.8 Å². The van der Waals surface area contributed by atoms with E-state index in [1.54, 1.807) is 0 Å². The second kappa shape index (κ2) is 13.2. The molecule has 4 nitrogen and oxygen atoms in total. The molecule has 1 N–H and O–H groups in total. The summed E-state index contributed by atoms with van der Waals surface area (Å²) in [5.41, 5.74) is 0. The van der Waals surface area contributed by atoms with Crippen LogP contribution in [0.4, 0.5) is 0 Å². The molecule has 1 aliphatic heterocycles. The van der Waals surface area contributed by atoms with Gasteiger partial charge in [0.1, 0.15) is 13.1 Å². The molecule has 23 heavy (non-hydrogen) atoms. The number of hydrogen-bond donors (Lipinski definition) is 1. The Bertz CT molecular complexity index is 275. The van der Waals surface area contributed by atoms with E-state index < -0.39 is 6.29 Å². The number of aliphatic hydroxyl groups is 1. The summed E-state index contributed by atoms with van der Waals surface area (Å²) in [5, 5.41) is 21.7. The van der Waals surface area contributed by atoms with E-state index >= 15 is 0 Å². The molecule has 0 radical (unpaired) electrons. The molecule has 138 valence electrons. The smallest absolute Gasteiger partial charge is 0.205 e. The zero-order valence-corrected chi connectivity index (χ0v) is 15.3. The second-order valence-electron chi connectivity index (χ2n) is 7.26. The molecule has 1 rings (SSSR count). The Morgan fingerprint density at radius 3 is 1.83 bits per heavy atom. The first kappa shape index (κ1) is 20.9. The molecular weight excluding hydrogens is 290 g/mol. The first-order valence-corrected chi connectivity index (χ1v) is 10.0. The zero-order chi connectivity index (χ0) is 16.8. The minimum Gasteiger partial charge on any atom is -0.633 e. The van der Waals surface area contributed by atoms with Crippen molar-refractivity contribution in [3.8, 4) is 0 Å². The fraction of sp³-hybridized carbons (Fsp3) is 1.00. The molecule has 2 unspecified atom stereocenters. The normalized spacial score (nSPS) is 24.9. The van der Waals surface area contributed by atoms with Crippen LogP contribution in [0.2, 0.25) is 0 Å². The number of aliphatic hydroxyl groups excluding tert-OH is 1. The first-order chi connectivity index (χ1) is 11.2. The highest BCUT2D eigenvalue weighted by atomic mass is 16.6. The molecule has 0 bridgehead atoms. The Labute approximate surface area is 143 Å². The molecule has 1 heterocycles. The number of unbranched alkanes of at least 4 members (excludes halogenated alkanes) is 12. The predicted molar refractivity (Wildman–Crippen MR) is 95.9 cm³/mol. The summed E-state index contributed by atoms with van der Waals surface area (Å²) in [7, 11) is 0. The van der Waals surface area contributed by atoms with Crippen molar-refractivity contribution < 1.29 is 14.5 Å². The number of rotatable bonds is 14. The highest BCUT2D eigenvalue weighted by Gasteiger charge is 2.26. The molecule has 1 saturated heterocycles. The summed E-state index contributed by atoms with van der Waals surface area (Å²) in [6.45, 7) is 4.00. The van der Waals surface area contributed by atoms with Gasteiger partial charge >= 0.3 is 0 Å². The third-order valence-corrected chi connectivity index (χ3v) is 4.97. The van der Waals surface area contributed by atoms with E-state index in [1.807, 2.05) is 0 Å². The van der Waals surface area contributed by atoms with Crippen molar-refractivity contribution in [1.29, 1.82) is 0 Å². The lowest BCUT2D eigenvalue weighted by Gasteiger charge is -2.46. The third kappa shape index (κ3) is 11.1. The van der Waals surface area contributed by atoms with E-state index in [1.165, 1.54) is 70.6 Å². The van der Waals surface area contributed by atoms with Crippen molar-refractivity contribution in [2.75, 3.05) is 26.2 Å². The van der Waals surface area contributed by atoms with Crippen molar-refractivity contribution in [2.24, 2.45) is 0 Å². The second-order valence-corrected chi connectivity index (χ2v) is 7.26. The van der Waals surface area contributed by atoms with Gasteiger partial charge in [0.15, 0.2) is 0 Å². The van der Waals surface area contributed by atoms with E-state index in [9.17, 15) is 10.3 Å². The van der Waals surface area contributed by atoms with Gasteiger partial charge in [-0.3, -0.25) is 0 Å².